The Labute approximate surface area is 120 Å². The Morgan fingerprint density at radius 1 is 1.20 bits per heavy atom. The molecule has 20 heavy (non-hydrogen) atoms. The van der Waals surface area contributed by atoms with Gasteiger partial charge in [0.2, 0.25) is 23.1 Å². The van der Waals surface area contributed by atoms with Crippen molar-refractivity contribution in [2.75, 3.05) is 31.6 Å². The van der Waals surface area contributed by atoms with Crippen LogP contribution in [0.3, 0.4) is 0 Å². The van der Waals surface area contributed by atoms with E-state index in [-0.39, 0.29) is 17.7 Å². The normalized spacial score (nSPS) is 15.8. The number of likely N-dealkylation sites (N-methyl/N-ethyl adjacent to an activating group) is 1. The number of amides is 1. The first-order valence-electron chi connectivity index (χ1n) is 6.02. The summed E-state index contributed by atoms with van der Waals surface area (Å²) in [5.41, 5.74) is 0. The zero-order chi connectivity index (χ0) is 14.1. The Bertz CT molecular complexity index is 630. The number of imidazole rings is 1. The molecule has 2 aromatic rings. The molecule has 0 aromatic carbocycles. The van der Waals surface area contributed by atoms with E-state index in [0.29, 0.717) is 25.0 Å². The van der Waals surface area contributed by atoms with E-state index >= 15 is 0 Å². The first kappa shape index (κ1) is 12.8. The van der Waals surface area contributed by atoms with Gasteiger partial charge >= 0.3 is 0 Å². The minimum atomic E-state index is 0.0250. The number of aromatic nitrogens is 5. The van der Waals surface area contributed by atoms with Crippen LogP contribution in [0, 0.1) is 0 Å². The van der Waals surface area contributed by atoms with E-state index in [1.54, 1.807) is 40.1 Å². The van der Waals surface area contributed by atoms with Gasteiger partial charge in [-0.15, -0.1) is 0 Å². The molecular formula is C11H12ClN7O. The highest BCUT2D eigenvalue weighted by Gasteiger charge is 2.23. The van der Waals surface area contributed by atoms with Gasteiger partial charge in [-0.25, -0.2) is 4.98 Å². The van der Waals surface area contributed by atoms with Gasteiger partial charge in [-0.1, -0.05) is 0 Å². The van der Waals surface area contributed by atoms with Crippen molar-refractivity contribution >= 4 is 23.5 Å². The molecule has 8 nitrogen and oxygen atoms in total. The van der Waals surface area contributed by atoms with Gasteiger partial charge in [-0.3, -0.25) is 9.36 Å². The first-order valence-corrected chi connectivity index (χ1v) is 6.40. The lowest BCUT2D eigenvalue weighted by Crippen LogP contribution is -2.49. The molecule has 3 rings (SSSR count). The number of anilines is 1. The topological polar surface area (TPSA) is 80.0 Å². The molecule has 2 aromatic heterocycles. The van der Waals surface area contributed by atoms with Gasteiger partial charge in [0.1, 0.15) is 6.33 Å². The van der Waals surface area contributed by atoms with Gasteiger partial charge in [0.25, 0.3) is 0 Å². The van der Waals surface area contributed by atoms with Crippen molar-refractivity contribution in [2.45, 2.75) is 0 Å². The number of carbonyl (C=O) groups is 1. The fourth-order valence-electron chi connectivity index (χ4n) is 1.89. The molecule has 0 saturated carbocycles. The maximum atomic E-state index is 11.7. The minimum absolute atomic E-state index is 0.0250. The number of hydrogen-bond donors (Lipinski definition) is 0. The Morgan fingerprint density at radius 2 is 2.00 bits per heavy atom. The van der Waals surface area contributed by atoms with Gasteiger partial charge in [-0.05, 0) is 11.6 Å². The molecule has 1 fully saturated rings. The van der Waals surface area contributed by atoms with E-state index in [2.05, 4.69) is 19.9 Å². The zero-order valence-corrected chi connectivity index (χ0v) is 11.5. The van der Waals surface area contributed by atoms with E-state index in [1.807, 2.05) is 0 Å². The molecular weight excluding hydrogens is 282 g/mol. The summed E-state index contributed by atoms with van der Waals surface area (Å²) in [6, 6.07) is 0. The van der Waals surface area contributed by atoms with Crippen molar-refractivity contribution in [3.8, 4) is 5.95 Å². The Kier molecular flexibility index (Phi) is 3.23. The molecule has 3 heterocycles. The molecule has 0 bridgehead atoms. The van der Waals surface area contributed by atoms with Gasteiger partial charge in [0.05, 0.1) is 6.54 Å². The molecule has 104 valence electrons. The third-order valence-electron chi connectivity index (χ3n) is 3.06. The van der Waals surface area contributed by atoms with Crippen LogP contribution in [0.1, 0.15) is 0 Å². The van der Waals surface area contributed by atoms with Crippen LogP contribution in [0.2, 0.25) is 5.28 Å². The van der Waals surface area contributed by atoms with Crippen LogP contribution >= 0.6 is 11.6 Å². The number of carbonyl (C=O) groups excluding carboxylic acids is 1. The lowest BCUT2D eigenvalue weighted by molar-refractivity contribution is -0.129. The van der Waals surface area contributed by atoms with Crippen LogP contribution in [-0.4, -0.2) is 62.0 Å². The summed E-state index contributed by atoms with van der Waals surface area (Å²) in [7, 11) is 1.77. The van der Waals surface area contributed by atoms with Crippen LogP contribution in [-0.2, 0) is 4.79 Å². The number of piperazine rings is 1. The average molecular weight is 294 g/mol. The summed E-state index contributed by atoms with van der Waals surface area (Å²) in [4.78, 5) is 31.6. The van der Waals surface area contributed by atoms with E-state index < -0.39 is 0 Å². The maximum Gasteiger partial charge on any atom is 0.242 e. The third-order valence-corrected chi connectivity index (χ3v) is 3.23. The SMILES string of the molecule is CN1CCN(c2nc(Cl)nc(-n3ccnc3)n2)CC1=O. The van der Waals surface area contributed by atoms with Gasteiger partial charge in [0, 0.05) is 32.5 Å². The van der Waals surface area contributed by atoms with Gasteiger partial charge in [0.15, 0.2) is 0 Å². The molecule has 1 aliphatic rings. The summed E-state index contributed by atoms with van der Waals surface area (Å²) in [6.45, 7) is 1.52. The maximum absolute atomic E-state index is 11.7. The first-order chi connectivity index (χ1) is 9.63. The average Bonchev–Trinajstić information content (AvgIpc) is 2.95. The molecule has 0 spiro atoms. The van der Waals surface area contributed by atoms with Crippen molar-refractivity contribution in [3.05, 3.63) is 24.0 Å². The largest absolute Gasteiger partial charge is 0.342 e. The third kappa shape index (κ3) is 2.42. The lowest BCUT2D eigenvalue weighted by atomic mass is 10.3. The molecule has 9 heteroatoms. The van der Waals surface area contributed by atoms with Crippen LogP contribution in [0.4, 0.5) is 5.95 Å². The standard InChI is InChI=1S/C11H12ClN7O/c1-17-4-5-18(6-8(17)20)10-14-9(12)15-11(16-10)19-3-2-13-7-19/h2-3,7H,4-6H2,1H3. The smallest absolute Gasteiger partial charge is 0.242 e. The van der Waals surface area contributed by atoms with Gasteiger partial charge in [-0.2, -0.15) is 15.0 Å². The van der Waals surface area contributed by atoms with Crippen LogP contribution in [0.15, 0.2) is 18.7 Å². The molecule has 0 atom stereocenters. The summed E-state index contributed by atoms with van der Waals surface area (Å²) in [5.74, 6) is 0.802. The van der Waals surface area contributed by atoms with E-state index in [9.17, 15) is 4.79 Å². The van der Waals surface area contributed by atoms with Gasteiger partial charge < -0.3 is 9.80 Å². The highest BCUT2D eigenvalue weighted by Crippen LogP contribution is 2.15. The van der Waals surface area contributed by atoms with Crippen molar-refractivity contribution in [2.24, 2.45) is 0 Å². The predicted molar refractivity (Wildman–Crippen MR) is 71.8 cm³/mol. The number of hydrogen-bond acceptors (Lipinski definition) is 6. The Morgan fingerprint density at radius 3 is 2.70 bits per heavy atom. The second kappa shape index (κ2) is 5.04. The molecule has 0 N–H and O–H groups in total. The highest BCUT2D eigenvalue weighted by molar-refractivity contribution is 6.28. The lowest BCUT2D eigenvalue weighted by Gasteiger charge is -2.31. The summed E-state index contributed by atoms with van der Waals surface area (Å²) in [6.07, 6.45) is 4.91. The van der Waals surface area contributed by atoms with Crippen LogP contribution < -0.4 is 4.90 Å². The molecule has 0 aliphatic carbocycles. The monoisotopic (exact) mass is 293 g/mol. The number of nitrogens with zero attached hydrogens (tertiary/aromatic N) is 7. The molecule has 0 radical (unpaired) electrons. The van der Waals surface area contributed by atoms with Crippen molar-refractivity contribution in [1.29, 1.82) is 0 Å². The Balaban J connectivity index is 1.92. The summed E-state index contributed by atoms with van der Waals surface area (Å²) < 4.78 is 1.63. The van der Waals surface area contributed by atoms with Crippen LogP contribution in [0.5, 0.6) is 0 Å². The fraction of sp³-hybridized carbons (Fsp3) is 0.364. The molecule has 1 saturated heterocycles. The number of halogens is 1. The van der Waals surface area contributed by atoms with Crippen molar-refractivity contribution < 1.29 is 4.79 Å². The predicted octanol–water partition coefficient (Wildman–Crippen LogP) is -0.0109. The molecule has 1 amide bonds. The quantitative estimate of drug-likeness (QED) is 0.775. The van der Waals surface area contributed by atoms with E-state index in [0.717, 1.165) is 0 Å². The summed E-state index contributed by atoms with van der Waals surface area (Å²) >= 11 is 5.93. The van der Waals surface area contributed by atoms with E-state index in [4.69, 9.17) is 11.6 Å². The summed E-state index contributed by atoms with van der Waals surface area (Å²) in [5, 5.41) is 0.0880. The van der Waals surface area contributed by atoms with E-state index in [1.165, 1.54) is 0 Å². The van der Waals surface area contributed by atoms with Crippen LogP contribution in [0.25, 0.3) is 5.95 Å². The number of rotatable bonds is 2. The van der Waals surface area contributed by atoms with Crippen molar-refractivity contribution in [1.82, 2.24) is 29.4 Å². The second-order valence-corrected chi connectivity index (χ2v) is 4.75. The highest BCUT2D eigenvalue weighted by atomic mass is 35.5. The molecule has 1 aliphatic heterocycles. The Hall–Kier alpha value is -2.22. The minimum Gasteiger partial charge on any atom is -0.342 e. The fourth-order valence-corrected chi connectivity index (χ4v) is 2.04. The second-order valence-electron chi connectivity index (χ2n) is 4.41. The zero-order valence-electron chi connectivity index (χ0n) is 10.8. The molecule has 0 unspecified atom stereocenters. The van der Waals surface area contributed by atoms with Crippen molar-refractivity contribution in [3.63, 3.8) is 0 Å².